The molecule has 12 heavy (non-hydrogen) atoms. The number of methoxy groups -OCH3 is 1. The second kappa shape index (κ2) is 4.72. The van der Waals surface area contributed by atoms with E-state index in [1.807, 2.05) is 12.1 Å². The largest absolute Gasteiger partial charge is 0.481 e. The van der Waals surface area contributed by atoms with E-state index in [0.717, 1.165) is 18.4 Å². The minimum absolute atomic E-state index is 0.228. The molecule has 0 saturated carbocycles. The summed E-state index contributed by atoms with van der Waals surface area (Å²) in [4.78, 5) is 4.05. The Morgan fingerprint density at radius 3 is 2.83 bits per heavy atom. The molecule has 3 nitrogen and oxygen atoms in total. The van der Waals surface area contributed by atoms with Gasteiger partial charge in [-0.3, -0.25) is 0 Å². The van der Waals surface area contributed by atoms with Crippen molar-refractivity contribution in [2.75, 3.05) is 13.7 Å². The van der Waals surface area contributed by atoms with E-state index < -0.39 is 0 Å². The summed E-state index contributed by atoms with van der Waals surface area (Å²) < 4.78 is 4.91. The van der Waals surface area contributed by atoms with Crippen LogP contribution >= 0.6 is 0 Å². The average molecular weight is 167 g/mol. The van der Waals surface area contributed by atoms with Crippen molar-refractivity contribution in [3.05, 3.63) is 23.9 Å². The number of nitrogens with zero attached hydrogens (tertiary/aromatic N) is 1. The predicted octanol–water partition coefficient (Wildman–Crippen LogP) is 1.02. The first-order valence-corrected chi connectivity index (χ1v) is 3.96. The van der Waals surface area contributed by atoms with Crippen LogP contribution in [0.1, 0.15) is 12.0 Å². The summed E-state index contributed by atoms with van der Waals surface area (Å²) in [6.07, 6.45) is 3.43. The summed E-state index contributed by atoms with van der Waals surface area (Å²) >= 11 is 0. The van der Waals surface area contributed by atoms with Gasteiger partial charge in [0, 0.05) is 18.9 Å². The molecule has 0 atom stereocenters. The number of aryl methyl sites for hydroxylation is 1. The number of rotatable bonds is 4. The molecule has 0 saturated heterocycles. The van der Waals surface area contributed by atoms with Gasteiger partial charge in [0.15, 0.2) is 0 Å². The zero-order chi connectivity index (χ0) is 8.81. The van der Waals surface area contributed by atoms with E-state index in [2.05, 4.69) is 4.98 Å². The summed E-state index contributed by atoms with van der Waals surface area (Å²) in [5.41, 5.74) is 1.13. The quantitative estimate of drug-likeness (QED) is 0.727. The van der Waals surface area contributed by atoms with E-state index >= 15 is 0 Å². The molecule has 0 spiro atoms. The molecule has 66 valence electrons. The number of pyridine rings is 1. The highest BCUT2D eigenvalue weighted by Gasteiger charge is 1.94. The zero-order valence-electron chi connectivity index (χ0n) is 7.16. The van der Waals surface area contributed by atoms with Gasteiger partial charge in [0.2, 0.25) is 5.88 Å². The number of hydrogen-bond acceptors (Lipinski definition) is 3. The molecule has 1 aromatic rings. The number of aliphatic hydroxyl groups excluding tert-OH is 1. The summed E-state index contributed by atoms with van der Waals surface area (Å²) in [5, 5.41) is 8.58. The van der Waals surface area contributed by atoms with E-state index in [0.29, 0.717) is 5.88 Å². The van der Waals surface area contributed by atoms with Gasteiger partial charge in [-0.1, -0.05) is 6.07 Å². The smallest absolute Gasteiger partial charge is 0.212 e. The van der Waals surface area contributed by atoms with Crippen molar-refractivity contribution >= 4 is 0 Å². The molecule has 0 aliphatic rings. The van der Waals surface area contributed by atoms with Gasteiger partial charge < -0.3 is 9.84 Å². The number of hydrogen-bond donors (Lipinski definition) is 1. The highest BCUT2D eigenvalue weighted by atomic mass is 16.5. The fourth-order valence-corrected chi connectivity index (χ4v) is 0.963. The van der Waals surface area contributed by atoms with E-state index in [1.165, 1.54) is 0 Å². The summed E-state index contributed by atoms with van der Waals surface area (Å²) in [6.45, 7) is 0.228. The lowest BCUT2D eigenvalue weighted by Crippen LogP contribution is -1.92. The molecule has 0 bridgehead atoms. The molecule has 1 N–H and O–H groups in total. The Hall–Kier alpha value is -1.09. The molecule has 0 aliphatic carbocycles. The first-order valence-electron chi connectivity index (χ1n) is 3.96. The highest BCUT2D eigenvalue weighted by Crippen LogP contribution is 2.07. The van der Waals surface area contributed by atoms with Crippen molar-refractivity contribution in [3.8, 4) is 5.88 Å². The lowest BCUT2D eigenvalue weighted by atomic mass is 10.2. The predicted molar refractivity (Wildman–Crippen MR) is 46.2 cm³/mol. The molecular weight excluding hydrogens is 154 g/mol. The lowest BCUT2D eigenvalue weighted by molar-refractivity contribution is 0.288. The van der Waals surface area contributed by atoms with Crippen LogP contribution in [-0.4, -0.2) is 23.8 Å². The summed E-state index contributed by atoms with van der Waals surface area (Å²) in [5.74, 6) is 0.628. The molecule has 1 heterocycles. The topological polar surface area (TPSA) is 42.4 Å². The van der Waals surface area contributed by atoms with Gasteiger partial charge in [-0.15, -0.1) is 0 Å². The Labute approximate surface area is 72.0 Å². The summed E-state index contributed by atoms with van der Waals surface area (Å²) in [7, 11) is 1.59. The molecule has 0 aromatic carbocycles. The Morgan fingerprint density at radius 2 is 2.33 bits per heavy atom. The molecule has 0 radical (unpaired) electrons. The zero-order valence-corrected chi connectivity index (χ0v) is 7.16. The average Bonchev–Trinajstić information content (AvgIpc) is 2.15. The Balaban J connectivity index is 2.53. The van der Waals surface area contributed by atoms with Crippen LogP contribution in [-0.2, 0) is 6.42 Å². The van der Waals surface area contributed by atoms with Crippen LogP contribution in [0.3, 0.4) is 0 Å². The monoisotopic (exact) mass is 167 g/mol. The molecular formula is C9H13NO2. The fourth-order valence-electron chi connectivity index (χ4n) is 0.963. The van der Waals surface area contributed by atoms with Crippen molar-refractivity contribution in [1.29, 1.82) is 0 Å². The van der Waals surface area contributed by atoms with Gasteiger partial charge in [-0.25, -0.2) is 4.98 Å². The molecule has 1 rings (SSSR count). The van der Waals surface area contributed by atoms with Crippen molar-refractivity contribution < 1.29 is 9.84 Å². The molecule has 0 aliphatic heterocycles. The first kappa shape index (κ1) is 9.00. The molecule has 0 unspecified atom stereocenters. The van der Waals surface area contributed by atoms with Crippen molar-refractivity contribution in [3.63, 3.8) is 0 Å². The second-order valence-electron chi connectivity index (χ2n) is 2.54. The van der Waals surface area contributed by atoms with Crippen molar-refractivity contribution in [2.24, 2.45) is 0 Å². The maximum Gasteiger partial charge on any atom is 0.212 e. The number of ether oxygens (including phenoxy) is 1. The first-order chi connectivity index (χ1) is 5.86. The van der Waals surface area contributed by atoms with Crippen molar-refractivity contribution in [2.45, 2.75) is 12.8 Å². The van der Waals surface area contributed by atoms with Gasteiger partial charge in [0.05, 0.1) is 7.11 Å². The normalized spacial score (nSPS) is 9.83. The van der Waals surface area contributed by atoms with Gasteiger partial charge in [0.1, 0.15) is 0 Å². The third-order valence-corrected chi connectivity index (χ3v) is 1.63. The standard InChI is InChI=1S/C9H13NO2/c1-12-9-5-4-8(7-10-9)3-2-6-11/h4-5,7,11H,2-3,6H2,1H3. The fraction of sp³-hybridized carbons (Fsp3) is 0.444. The maximum atomic E-state index is 8.58. The Morgan fingerprint density at radius 1 is 1.50 bits per heavy atom. The molecule has 0 fully saturated rings. The van der Waals surface area contributed by atoms with Gasteiger partial charge in [-0.2, -0.15) is 0 Å². The van der Waals surface area contributed by atoms with Crippen LogP contribution in [0.4, 0.5) is 0 Å². The molecule has 3 heteroatoms. The Bertz CT molecular complexity index is 220. The van der Waals surface area contributed by atoms with Crippen LogP contribution < -0.4 is 4.74 Å². The van der Waals surface area contributed by atoms with Crippen LogP contribution in [0.15, 0.2) is 18.3 Å². The van der Waals surface area contributed by atoms with Crippen LogP contribution in [0, 0.1) is 0 Å². The van der Waals surface area contributed by atoms with E-state index in [1.54, 1.807) is 13.3 Å². The van der Waals surface area contributed by atoms with Crippen LogP contribution in [0.25, 0.3) is 0 Å². The lowest BCUT2D eigenvalue weighted by Gasteiger charge is -2.00. The van der Waals surface area contributed by atoms with Crippen LogP contribution in [0.2, 0.25) is 0 Å². The number of aliphatic hydroxyl groups is 1. The van der Waals surface area contributed by atoms with E-state index in [-0.39, 0.29) is 6.61 Å². The van der Waals surface area contributed by atoms with E-state index in [4.69, 9.17) is 9.84 Å². The maximum absolute atomic E-state index is 8.58. The van der Waals surface area contributed by atoms with Gasteiger partial charge in [0.25, 0.3) is 0 Å². The van der Waals surface area contributed by atoms with Gasteiger partial charge >= 0.3 is 0 Å². The molecule has 0 amide bonds. The SMILES string of the molecule is COc1ccc(CCCO)cn1. The third-order valence-electron chi connectivity index (χ3n) is 1.63. The Kier molecular flexibility index (Phi) is 3.54. The van der Waals surface area contributed by atoms with Gasteiger partial charge in [-0.05, 0) is 18.4 Å². The summed E-state index contributed by atoms with van der Waals surface area (Å²) in [6, 6.07) is 3.79. The third kappa shape index (κ3) is 2.51. The van der Waals surface area contributed by atoms with Crippen LogP contribution in [0.5, 0.6) is 5.88 Å². The minimum atomic E-state index is 0.228. The van der Waals surface area contributed by atoms with Crippen molar-refractivity contribution in [1.82, 2.24) is 4.98 Å². The van der Waals surface area contributed by atoms with E-state index in [9.17, 15) is 0 Å². The second-order valence-corrected chi connectivity index (χ2v) is 2.54. The highest BCUT2D eigenvalue weighted by molar-refractivity contribution is 5.17. The number of aromatic nitrogens is 1. The molecule has 1 aromatic heterocycles. The minimum Gasteiger partial charge on any atom is -0.481 e.